The van der Waals surface area contributed by atoms with Gasteiger partial charge in [0.15, 0.2) is 0 Å². The van der Waals surface area contributed by atoms with Gasteiger partial charge in [-0.15, -0.1) is 0 Å². The zero-order valence-corrected chi connectivity index (χ0v) is 11.5. The number of ether oxygens (including phenoxy) is 1. The standard InChI is InChI=1S/C14H19N3O3/c1-20-7-6-16-13(18)9-17-14(19)11-3-2-10-4-5-15-12(10)8-11/h2-3,8,15H,4-7,9H2,1H3,(H,16,18)(H,17,19). The highest BCUT2D eigenvalue weighted by atomic mass is 16.5. The number of amides is 2. The Bertz CT molecular complexity index is 502. The molecule has 0 unspecified atom stereocenters. The minimum absolute atomic E-state index is 0.0347. The molecule has 1 aliphatic heterocycles. The van der Waals surface area contributed by atoms with E-state index >= 15 is 0 Å². The third-order valence-electron chi connectivity index (χ3n) is 3.12. The Balaban J connectivity index is 1.81. The average molecular weight is 277 g/mol. The number of hydrogen-bond donors (Lipinski definition) is 3. The molecule has 0 atom stereocenters. The summed E-state index contributed by atoms with van der Waals surface area (Å²) in [5, 5.41) is 8.46. The highest BCUT2D eigenvalue weighted by Gasteiger charge is 2.13. The first kappa shape index (κ1) is 14.3. The van der Waals surface area contributed by atoms with Crippen LogP contribution in [0, 0.1) is 0 Å². The first-order valence-electron chi connectivity index (χ1n) is 6.61. The smallest absolute Gasteiger partial charge is 0.251 e. The van der Waals surface area contributed by atoms with E-state index in [9.17, 15) is 9.59 Å². The molecule has 0 saturated carbocycles. The number of rotatable bonds is 6. The SMILES string of the molecule is COCCNC(=O)CNC(=O)c1ccc2c(c1)NCC2. The van der Waals surface area contributed by atoms with Crippen molar-refractivity contribution in [1.82, 2.24) is 10.6 Å². The lowest BCUT2D eigenvalue weighted by molar-refractivity contribution is -0.120. The maximum absolute atomic E-state index is 11.9. The summed E-state index contributed by atoms with van der Waals surface area (Å²) in [4.78, 5) is 23.4. The van der Waals surface area contributed by atoms with Crippen molar-refractivity contribution in [3.8, 4) is 0 Å². The number of benzene rings is 1. The molecule has 1 aromatic rings. The molecule has 1 heterocycles. The van der Waals surface area contributed by atoms with Crippen molar-refractivity contribution in [2.24, 2.45) is 0 Å². The fraction of sp³-hybridized carbons (Fsp3) is 0.429. The van der Waals surface area contributed by atoms with E-state index in [2.05, 4.69) is 16.0 Å². The monoisotopic (exact) mass is 277 g/mol. The van der Waals surface area contributed by atoms with Crippen molar-refractivity contribution < 1.29 is 14.3 Å². The van der Waals surface area contributed by atoms with E-state index in [4.69, 9.17) is 4.74 Å². The Hall–Kier alpha value is -2.08. The van der Waals surface area contributed by atoms with Gasteiger partial charge in [-0.25, -0.2) is 0 Å². The maximum atomic E-state index is 11.9. The number of carbonyl (C=O) groups is 2. The molecule has 108 valence electrons. The lowest BCUT2D eigenvalue weighted by Crippen LogP contribution is -2.38. The van der Waals surface area contributed by atoms with Crippen LogP contribution in [0.25, 0.3) is 0 Å². The minimum Gasteiger partial charge on any atom is -0.384 e. The van der Waals surface area contributed by atoms with Crippen molar-refractivity contribution in [2.45, 2.75) is 6.42 Å². The predicted octanol–water partition coefficient (Wildman–Crippen LogP) is 0.147. The number of anilines is 1. The van der Waals surface area contributed by atoms with Gasteiger partial charge in [0.2, 0.25) is 5.91 Å². The molecular formula is C14H19N3O3. The largest absolute Gasteiger partial charge is 0.384 e. The number of methoxy groups -OCH3 is 1. The van der Waals surface area contributed by atoms with E-state index in [-0.39, 0.29) is 18.4 Å². The van der Waals surface area contributed by atoms with Crippen LogP contribution in [-0.4, -0.2) is 45.2 Å². The normalized spacial score (nSPS) is 12.4. The fourth-order valence-electron chi connectivity index (χ4n) is 2.05. The predicted molar refractivity (Wildman–Crippen MR) is 75.9 cm³/mol. The van der Waals surface area contributed by atoms with Gasteiger partial charge in [0.25, 0.3) is 5.91 Å². The third kappa shape index (κ3) is 3.71. The average Bonchev–Trinajstić information content (AvgIpc) is 2.92. The van der Waals surface area contributed by atoms with Gasteiger partial charge in [0.05, 0.1) is 13.2 Å². The van der Waals surface area contributed by atoms with Crippen molar-refractivity contribution in [3.63, 3.8) is 0 Å². The molecule has 0 saturated heterocycles. The van der Waals surface area contributed by atoms with Crippen molar-refractivity contribution in [3.05, 3.63) is 29.3 Å². The van der Waals surface area contributed by atoms with Crippen LogP contribution in [0.15, 0.2) is 18.2 Å². The molecule has 1 aromatic carbocycles. The van der Waals surface area contributed by atoms with Crippen LogP contribution in [0.2, 0.25) is 0 Å². The van der Waals surface area contributed by atoms with E-state index in [1.807, 2.05) is 12.1 Å². The minimum atomic E-state index is -0.247. The van der Waals surface area contributed by atoms with Crippen LogP contribution in [-0.2, 0) is 16.0 Å². The molecule has 1 aliphatic rings. The number of carbonyl (C=O) groups excluding carboxylic acids is 2. The van der Waals surface area contributed by atoms with Crippen LogP contribution in [0.3, 0.4) is 0 Å². The second-order valence-corrected chi connectivity index (χ2v) is 4.57. The molecule has 2 amide bonds. The summed E-state index contributed by atoms with van der Waals surface area (Å²) in [6, 6.07) is 5.55. The second kappa shape index (κ2) is 6.91. The summed E-state index contributed by atoms with van der Waals surface area (Å²) >= 11 is 0. The Kier molecular flexibility index (Phi) is 4.95. The van der Waals surface area contributed by atoms with Crippen LogP contribution < -0.4 is 16.0 Å². The van der Waals surface area contributed by atoms with Gasteiger partial charge < -0.3 is 20.7 Å². The van der Waals surface area contributed by atoms with E-state index in [0.29, 0.717) is 18.7 Å². The molecule has 3 N–H and O–H groups in total. The van der Waals surface area contributed by atoms with Gasteiger partial charge in [-0.05, 0) is 24.1 Å². The van der Waals surface area contributed by atoms with Gasteiger partial charge in [0, 0.05) is 31.5 Å². The van der Waals surface area contributed by atoms with Crippen LogP contribution >= 0.6 is 0 Å². The molecule has 0 radical (unpaired) electrons. The summed E-state index contributed by atoms with van der Waals surface area (Å²) in [7, 11) is 1.57. The molecule has 0 fully saturated rings. The summed E-state index contributed by atoms with van der Waals surface area (Å²) in [6.07, 6.45) is 0.985. The van der Waals surface area contributed by atoms with Crippen LogP contribution in [0.5, 0.6) is 0 Å². The number of fused-ring (bicyclic) bond motifs is 1. The van der Waals surface area contributed by atoms with Gasteiger partial charge in [-0.3, -0.25) is 9.59 Å². The molecule has 20 heavy (non-hydrogen) atoms. The van der Waals surface area contributed by atoms with Gasteiger partial charge in [0.1, 0.15) is 0 Å². The third-order valence-corrected chi connectivity index (χ3v) is 3.12. The quantitative estimate of drug-likeness (QED) is 0.647. The van der Waals surface area contributed by atoms with E-state index in [1.54, 1.807) is 13.2 Å². The maximum Gasteiger partial charge on any atom is 0.251 e. The summed E-state index contributed by atoms with van der Waals surface area (Å²) < 4.78 is 4.82. The Labute approximate surface area is 117 Å². The highest BCUT2D eigenvalue weighted by molar-refractivity contribution is 5.97. The Morgan fingerprint density at radius 1 is 1.35 bits per heavy atom. The molecule has 0 bridgehead atoms. The first-order chi connectivity index (χ1) is 9.70. The topological polar surface area (TPSA) is 79.5 Å². The second-order valence-electron chi connectivity index (χ2n) is 4.57. The summed E-state index contributed by atoms with van der Waals surface area (Å²) in [5.74, 6) is -0.474. The molecular weight excluding hydrogens is 258 g/mol. The van der Waals surface area contributed by atoms with Crippen LogP contribution in [0.1, 0.15) is 15.9 Å². The van der Waals surface area contributed by atoms with Crippen molar-refractivity contribution in [2.75, 3.05) is 38.7 Å². The Morgan fingerprint density at radius 3 is 3.00 bits per heavy atom. The lowest BCUT2D eigenvalue weighted by Gasteiger charge is -2.08. The van der Waals surface area contributed by atoms with E-state index in [0.717, 1.165) is 18.7 Å². The van der Waals surface area contributed by atoms with Gasteiger partial charge in [-0.2, -0.15) is 0 Å². The Morgan fingerprint density at radius 2 is 2.20 bits per heavy atom. The lowest BCUT2D eigenvalue weighted by atomic mass is 10.1. The fourth-order valence-corrected chi connectivity index (χ4v) is 2.05. The number of nitrogens with one attached hydrogen (secondary N) is 3. The number of hydrogen-bond acceptors (Lipinski definition) is 4. The van der Waals surface area contributed by atoms with E-state index < -0.39 is 0 Å². The van der Waals surface area contributed by atoms with Crippen molar-refractivity contribution >= 4 is 17.5 Å². The van der Waals surface area contributed by atoms with E-state index in [1.165, 1.54) is 5.56 Å². The van der Waals surface area contributed by atoms with Crippen LogP contribution in [0.4, 0.5) is 5.69 Å². The molecule has 2 rings (SSSR count). The van der Waals surface area contributed by atoms with Gasteiger partial charge in [-0.1, -0.05) is 6.07 Å². The molecule has 0 spiro atoms. The summed E-state index contributed by atoms with van der Waals surface area (Å²) in [5.41, 5.74) is 2.78. The highest BCUT2D eigenvalue weighted by Crippen LogP contribution is 2.22. The molecule has 0 aromatic heterocycles. The molecule has 0 aliphatic carbocycles. The molecule has 6 heteroatoms. The molecule has 6 nitrogen and oxygen atoms in total. The van der Waals surface area contributed by atoms with Crippen molar-refractivity contribution in [1.29, 1.82) is 0 Å². The first-order valence-corrected chi connectivity index (χ1v) is 6.61. The zero-order valence-electron chi connectivity index (χ0n) is 11.5. The van der Waals surface area contributed by atoms with Gasteiger partial charge >= 0.3 is 0 Å². The summed E-state index contributed by atoms with van der Waals surface area (Å²) in [6.45, 7) is 1.76. The zero-order chi connectivity index (χ0) is 14.4.